The first-order valence-corrected chi connectivity index (χ1v) is 5.66. The van der Waals surface area contributed by atoms with Gasteiger partial charge in [0.1, 0.15) is 6.10 Å². The van der Waals surface area contributed by atoms with Crippen LogP contribution in [0.15, 0.2) is 12.3 Å². The van der Waals surface area contributed by atoms with Gasteiger partial charge in [0.2, 0.25) is 0 Å². The van der Waals surface area contributed by atoms with Crippen LogP contribution in [0.25, 0.3) is 0 Å². The third-order valence-electron chi connectivity index (χ3n) is 2.72. The lowest BCUT2D eigenvalue weighted by Crippen LogP contribution is -2.08. The molecule has 2 aromatic rings. The zero-order chi connectivity index (χ0) is 12.4. The molecule has 0 fully saturated rings. The largest absolute Gasteiger partial charge is 0.386 e. The highest BCUT2D eigenvalue weighted by molar-refractivity contribution is 5.14. The van der Waals surface area contributed by atoms with Gasteiger partial charge in [-0.2, -0.15) is 5.10 Å². The molecule has 0 aliphatic carbocycles. The van der Waals surface area contributed by atoms with E-state index in [0.29, 0.717) is 6.42 Å². The van der Waals surface area contributed by atoms with Crippen molar-refractivity contribution in [3.8, 4) is 0 Å². The highest BCUT2D eigenvalue weighted by Gasteiger charge is 2.15. The molecule has 6 heteroatoms. The van der Waals surface area contributed by atoms with Gasteiger partial charge >= 0.3 is 0 Å². The molecule has 1 unspecified atom stereocenters. The van der Waals surface area contributed by atoms with Crippen LogP contribution in [0.1, 0.15) is 30.1 Å². The molecule has 0 aromatic carbocycles. The summed E-state index contributed by atoms with van der Waals surface area (Å²) in [6.07, 6.45) is 2.53. The first-order valence-electron chi connectivity index (χ1n) is 5.66. The molecular weight excluding hydrogens is 218 g/mol. The Labute approximate surface area is 99.9 Å². The topological polar surface area (TPSA) is 68.8 Å². The van der Waals surface area contributed by atoms with Crippen molar-refractivity contribution < 1.29 is 5.11 Å². The molecule has 2 rings (SSSR count). The monoisotopic (exact) mass is 235 g/mol. The minimum Gasteiger partial charge on any atom is -0.386 e. The van der Waals surface area contributed by atoms with E-state index in [2.05, 4.69) is 15.4 Å². The molecule has 0 aliphatic heterocycles. The van der Waals surface area contributed by atoms with Crippen LogP contribution in [0.5, 0.6) is 0 Å². The van der Waals surface area contributed by atoms with E-state index < -0.39 is 6.10 Å². The van der Waals surface area contributed by atoms with E-state index in [-0.39, 0.29) is 0 Å². The van der Waals surface area contributed by atoms with E-state index in [1.807, 2.05) is 27.1 Å². The second-order valence-corrected chi connectivity index (χ2v) is 4.14. The number of nitrogens with zero attached hydrogens (tertiary/aromatic N) is 5. The summed E-state index contributed by atoms with van der Waals surface area (Å²) in [5.41, 5.74) is 2.58. The Morgan fingerprint density at radius 2 is 2.12 bits per heavy atom. The lowest BCUT2D eigenvalue weighted by molar-refractivity contribution is 0.167. The summed E-state index contributed by atoms with van der Waals surface area (Å²) >= 11 is 0. The van der Waals surface area contributed by atoms with Gasteiger partial charge in [-0.25, -0.2) is 0 Å². The zero-order valence-electron chi connectivity index (χ0n) is 10.3. The maximum atomic E-state index is 10.1. The summed E-state index contributed by atoms with van der Waals surface area (Å²) in [5, 5.41) is 22.2. The number of hydrogen-bond donors (Lipinski definition) is 1. The van der Waals surface area contributed by atoms with Crippen molar-refractivity contribution in [1.82, 2.24) is 24.8 Å². The molecule has 0 radical (unpaired) electrons. The Hall–Kier alpha value is -1.69. The Balaban J connectivity index is 2.13. The van der Waals surface area contributed by atoms with Gasteiger partial charge in [-0.3, -0.25) is 9.36 Å². The first-order chi connectivity index (χ1) is 8.10. The van der Waals surface area contributed by atoms with Gasteiger partial charge in [-0.05, 0) is 12.5 Å². The van der Waals surface area contributed by atoms with Crippen LogP contribution in [0, 0.1) is 0 Å². The second kappa shape index (κ2) is 4.67. The van der Waals surface area contributed by atoms with Gasteiger partial charge in [-0.15, -0.1) is 5.10 Å². The van der Waals surface area contributed by atoms with Crippen molar-refractivity contribution in [2.75, 3.05) is 0 Å². The van der Waals surface area contributed by atoms with E-state index in [4.69, 9.17) is 0 Å². The van der Waals surface area contributed by atoms with Crippen molar-refractivity contribution in [3.63, 3.8) is 0 Å². The Bertz CT molecular complexity index is 502. The minimum absolute atomic E-state index is 0.455. The molecule has 0 bridgehead atoms. The lowest BCUT2D eigenvalue weighted by Gasteiger charge is -2.08. The molecule has 0 aliphatic rings. The van der Waals surface area contributed by atoms with Crippen LogP contribution < -0.4 is 0 Å². The molecule has 6 nitrogen and oxygen atoms in total. The SMILES string of the molecule is CCc1cc(C(O)Cc2cn(C)nn2)n(C)n1. The molecule has 17 heavy (non-hydrogen) atoms. The van der Waals surface area contributed by atoms with Crippen molar-refractivity contribution in [3.05, 3.63) is 29.3 Å². The van der Waals surface area contributed by atoms with Crippen molar-refractivity contribution in [2.24, 2.45) is 14.1 Å². The van der Waals surface area contributed by atoms with Gasteiger partial charge in [0.25, 0.3) is 0 Å². The van der Waals surface area contributed by atoms with Crippen molar-refractivity contribution in [2.45, 2.75) is 25.9 Å². The highest BCUT2D eigenvalue weighted by atomic mass is 16.3. The summed E-state index contributed by atoms with van der Waals surface area (Å²) in [7, 11) is 3.65. The van der Waals surface area contributed by atoms with E-state index in [9.17, 15) is 5.11 Å². The van der Waals surface area contributed by atoms with Gasteiger partial charge in [0.05, 0.1) is 17.1 Å². The molecule has 0 amide bonds. The predicted molar refractivity (Wildman–Crippen MR) is 62.3 cm³/mol. The zero-order valence-corrected chi connectivity index (χ0v) is 10.3. The van der Waals surface area contributed by atoms with Gasteiger partial charge in [-0.1, -0.05) is 12.1 Å². The molecule has 0 saturated heterocycles. The number of aliphatic hydroxyl groups is 1. The Morgan fingerprint density at radius 3 is 2.65 bits per heavy atom. The quantitative estimate of drug-likeness (QED) is 0.832. The molecule has 0 spiro atoms. The van der Waals surface area contributed by atoms with Gasteiger partial charge in [0, 0.05) is 26.7 Å². The maximum absolute atomic E-state index is 10.1. The second-order valence-electron chi connectivity index (χ2n) is 4.14. The van der Waals surface area contributed by atoms with Gasteiger partial charge < -0.3 is 5.11 Å². The Kier molecular flexibility index (Phi) is 3.23. The summed E-state index contributed by atoms with van der Waals surface area (Å²) in [6, 6.07) is 1.93. The summed E-state index contributed by atoms with van der Waals surface area (Å²) in [5.74, 6) is 0. The molecule has 1 atom stereocenters. The number of aromatic nitrogens is 5. The average molecular weight is 235 g/mol. The number of rotatable bonds is 4. The van der Waals surface area contributed by atoms with Crippen molar-refractivity contribution in [1.29, 1.82) is 0 Å². The van der Waals surface area contributed by atoms with Crippen molar-refractivity contribution >= 4 is 0 Å². The number of aryl methyl sites for hydroxylation is 3. The molecule has 2 aromatic heterocycles. The summed E-state index contributed by atoms with van der Waals surface area (Å²) < 4.78 is 3.35. The number of hydrogen-bond acceptors (Lipinski definition) is 4. The standard InChI is InChI=1S/C11H17N5O/c1-4-8-5-10(16(3)13-8)11(17)6-9-7-15(2)14-12-9/h5,7,11,17H,4,6H2,1-3H3. The van der Waals surface area contributed by atoms with E-state index in [1.54, 1.807) is 15.6 Å². The molecular formula is C11H17N5O. The van der Waals surface area contributed by atoms with Crippen LogP contribution in [-0.2, 0) is 26.9 Å². The summed E-state index contributed by atoms with van der Waals surface area (Å²) in [6.45, 7) is 2.04. The lowest BCUT2D eigenvalue weighted by atomic mass is 10.1. The molecule has 1 N–H and O–H groups in total. The highest BCUT2D eigenvalue weighted by Crippen LogP contribution is 2.17. The molecule has 0 saturated carbocycles. The predicted octanol–water partition coefficient (Wildman–Crippen LogP) is 0.387. The fourth-order valence-electron chi connectivity index (χ4n) is 1.82. The van der Waals surface area contributed by atoms with Gasteiger partial charge in [0.15, 0.2) is 0 Å². The summed E-state index contributed by atoms with van der Waals surface area (Å²) in [4.78, 5) is 0. The first kappa shape index (κ1) is 11.8. The van der Waals surface area contributed by atoms with Crippen LogP contribution >= 0.6 is 0 Å². The van der Waals surface area contributed by atoms with Crippen LogP contribution in [0.4, 0.5) is 0 Å². The van der Waals surface area contributed by atoms with E-state index in [1.165, 1.54) is 0 Å². The molecule has 92 valence electrons. The van der Waals surface area contributed by atoms with Crippen LogP contribution in [0.3, 0.4) is 0 Å². The molecule has 2 heterocycles. The van der Waals surface area contributed by atoms with E-state index >= 15 is 0 Å². The fourth-order valence-corrected chi connectivity index (χ4v) is 1.82. The smallest absolute Gasteiger partial charge is 0.101 e. The third-order valence-corrected chi connectivity index (χ3v) is 2.72. The minimum atomic E-state index is -0.593. The van der Waals surface area contributed by atoms with E-state index in [0.717, 1.165) is 23.5 Å². The Morgan fingerprint density at radius 1 is 1.35 bits per heavy atom. The number of aliphatic hydroxyl groups excluding tert-OH is 1. The van der Waals surface area contributed by atoms with Crippen LogP contribution in [0.2, 0.25) is 0 Å². The average Bonchev–Trinajstić information content (AvgIpc) is 2.85. The maximum Gasteiger partial charge on any atom is 0.101 e. The normalized spacial score (nSPS) is 12.9. The van der Waals surface area contributed by atoms with Crippen LogP contribution in [-0.4, -0.2) is 29.9 Å². The fraction of sp³-hybridized carbons (Fsp3) is 0.545. The third kappa shape index (κ3) is 2.52.